The molecule has 0 aliphatic rings. The van der Waals surface area contributed by atoms with Crippen molar-refractivity contribution in [3.8, 4) is 11.1 Å². The van der Waals surface area contributed by atoms with E-state index in [9.17, 15) is 4.79 Å². The molecule has 0 aliphatic carbocycles. The lowest BCUT2D eigenvalue weighted by Crippen LogP contribution is -2.42. The average molecular weight is 311 g/mol. The standard InChI is InChI=1S/C19H25N3O/c1-13(2)12-18(20)19(23)22-14(3)15-4-6-16(7-5-15)17-8-10-21-11-9-17/h4-11,13-14,18H,12,20H2,1-3H3,(H,22,23)/t14?,18-/m0/s1. The minimum absolute atomic E-state index is 0.0628. The van der Waals surface area contributed by atoms with E-state index in [0.717, 1.165) is 16.7 Å². The summed E-state index contributed by atoms with van der Waals surface area (Å²) in [5.74, 6) is 0.315. The highest BCUT2D eigenvalue weighted by molar-refractivity contribution is 5.81. The highest BCUT2D eigenvalue weighted by atomic mass is 16.2. The minimum Gasteiger partial charge on any atom is -0.348 e. The molecule has 2 aromatic rings. The number of hydrogen-bond donors (Lipinski definition) is 2. The molecule has 4 nitrogen and oxygen atoms in total. The molecule has 3 N–H and O–H groups in total. The monoisotopic (exact) mass is 311 g/mol. The lowest BCUT2D eigenvalue weighted by molar-refractivity contribution is -0.123. The van der Waals surface area contributed by atoms with Gasteiger partial charge in [0.05, 0.1) is 12.1 Å². The second-order valence-corrected chi connectivity index (χ2v) is 6.32. The third-order valence-corrected chi connectivity index (χ3v) is 3.85. The summed E-state index contributed by atoms with van der Waals surface area (Å²) in [4.78, 5) is 16.1. The normalized spacial score (nSPS) is 13.6. The van der Waals surface area contributed by atoms with Crippen molar-refractivity contribution in [3.63, 3.8) is 0 Å². The van der Waals surface area contributed by atoms with Crippen molar-refractivity contribution >= 4 is 5.91 Å². The highest BCUT2D eigenvalue weighted by Crippen LogP contribution is 2.21. The second-order valence-electron chi connectivity index (χ2n) is 6.32. The van der Waals surface area contributed by atoms with Crippen LogP contribution in [0.1, 0.15) is 38.8 Å². The number of carbonyl (C=O) groups is 1. The van der Waals surface area contributed by atoms with Gasteiger partial charge < -0.3 is 11.1 Å². The Balaban J connectivity index is 2.00. The van der Waals surface area contributed by atoms with Crippen LogP contribution >= 0.6 is 0 Å². The number of hydrogen-bond acceptors (Lipinski definition) is 3. The predicted molar refractivity (Wildman–Crippen MR) is 93.7 cm³/mol. The summed E-state index contributed by atoms with van der Waals surface area (Å²) in [5, 5.41) is 2.99. The summed E-state index contributed by atoms with van der Waals surface area (Å²) >= 11 is 0. The molecule has 1 aromatic heterocycles. The number of nitrogens with one attached hydrogen (secondary N) is 1. The van der Waals surface area contributed by atoms with Gasteiger partial charge >= 0.3 is 0 Å². The Morgan fingerprint density at radius 3 is 2.17 bits per heavy atom. The Bertz CT molecular complexity index is 623. The molecule has 0 spiro atoms. The topological polar surface area (TPSA) is 68.0 Å². The average Bonchev–Trinajstić information content (AvgIpc) is 2.55. The molecule has 1 heterocycles. The van der Waals surface area contributed by atoms with E-state index in [-0.39, 0.29) is 11.9 Å². The number of nitrogens with zero attached hydrogens (tertiary/aromatic N) is 1. The maximum absolute atomic E-state index is 12.1. The predicted octanol–water partition coefficient (Wildman–Crippen LogP) is 3.30. The highest BCUT2D eigenvalue weighted by Gasteiger charge is 2.17. The number of pyridine rings is 1. The molecule has 2 atom stereocenters. The maximum atomic E-state index is 12.1. The van der Waals surface area contributed by atoms with Gasteiger partial charge in [-0.1, -0.05) is 38.1 Å². The molecule has 4 heteroatoms. The molecule has 0 saturated heterocycles. The molecule has 0 aliphatic heterocycles. The summed E-state index contributed by atoms with van der Waals surface area (Å²) < 4.78 is 0. The first-order chi connectivity index (χ1) is 11.0. The Morgan fingerprint density at radius 2 is 1.61 bits per heavy atom. The number of benzene rings is 1. The van der Waals surface area contributed by atoms with Crippen molar-refractivity contribution in [2.75, 3.05) is 0 Å². The van der Waals surface area contributed by atoms with Crippen LogP contribution in [0.2, 0.25) is 0 Å². The van der Waals surface area contributed by atoms with Crippen molar-refractivity contribution in [2.24, 2.45) is 11.7 Å². The van der Waals surface area contributed by atoms with Crippen LogP contribution in [0.15, 0.2) is 48.8 Å². The maximum Gasteiger partial charge on any atom is 0.237 e. The van der Waals surface area contributed by atoms with Crippen LogP contribution < -0.4 is 11.1 Å². The zero-order chi connectivity index (χ0) is 16.8. The quantitative estimate of drug-likeness (QED) is 0.860. The third kappa shape index (κ3) is 4.89. The van der Waals surface area contributed by atoms with Gasteiger partial charge in [-0.3, -0.25) is 9.78 Å². The van der Waals surface area contributed by atoms with Gasteiger partial charge in [0.2, 0.25) is 5.91 Å². The summed E-state index contributed by atoms with van der Waals surface area (Å²) in [6, 6.07) is 11.6. The van der Waals surface area contributed by atoms with Crippen LogP contribution in [0.25, 0.3) is 11.1 Å². The van der Waals surface area contributed by atoms with Gasteiger partial charge in [-0.2, -0.15) is 0 Å². The van der Waals surface area contributed by atoms with E-state index < -0.39 is 6.04 Å². The molecule has 0 fully saturated rings. The van der Waals surface area contributed by atoms with E-state index in [1.54, 1.807) is 12.4 Å². The number of amides is 1. The fraction of sp³-hybridized carbons (Fsp3) is 0.368. The Labute approximate surface area is 138 Å². The zero-order valence-corrected chi connectivity index (χ0v) is 14.0. The van der Waals surface area contributed by atoms with E-state index >= 15 is 0 Å². The van der Waals surface area contributed by atoms with E-state index in [2.05, 4.69) is 36.3 Å². The Hall–Kier alpha value is -2.20. The van der Waals surface area contributed by atoms with E-state index in [4.69, 9.17) is 5.73 Å². The first-order valence-electron chi connectivity index (χ1n) is 8.03. The number of aromatic nitrogens is 1. The lowest BCUT2D eigenvalue weighted by Gasteiger charge is -2.19. The van der Waals surface area contributed by atoms with Crippen LogP contribution in [0, 0.1) is 5.92 Å². The summed E-state index contributed by atoms with van der Waals surface area (Å²) in [7, 11) is 0. The van der Waals surface area contributed by atoms with Crippen LogP contribution in [0.4, 0.5) is 0 Å². The Morgan fingerprint density at radius 1 is 1.04 bits per heavy atom. The third-order valence-electron chi connectivity index (χ3n) is 3.85. The van der Waals surface area contributed by atoms with Gasteiger partial charge in [0.1, 0.15) is 0 Å². The largest absolute Gasteiger partial charge is 0.348 e. The SMILES string of the molecule is CC(C)C[C@H](N)C(=O)NC(C)c1ccc(-c2ccncc2)cc1. The van der Waals surface area contributed by atoms with Crippen molar-refractivity contribution in [1.82, 2.24) is 10.3 Å². The van der Waals surface area contributed by atoms with Gasteiger partial charge in [-0.15, -0.1) is 0 Å². The van der Waals surface area contributed by atoms with Crippen molar-refractivity contribution in [3.05, 3.63) is 54.4 Å². The first kappa shape index (κ1) is 17.2. The van der Waals surface area contributed by atoms with E-state index in [0.29, 0.717) is 12.3 Å². The zero-order valence-electron chi connectivity index (χ0n) is 14.0. The second kappa shape index (κ2) is 7.88. The van der Waals surface area contributed by atoms with Crippen molar-refractivity contribution < 1.29 is 4.79 Å². The smallest absolute Gasteiger partial charge is 0.237 e. The molecule has 2 rings (SSSR count). The van der Waals surface area contributed by atoms with Crippen molar-refractivity contribution in [2.45, 2.75) is 39.3 Å². The fourth-order valence-electron chi connectivity index (χ4n) is 2.53. The summed E-state index contributed by atoms with van der Waals surface area (Å²) in [5.41, 5.74) is 9.25. The van der Waals surface area contributed by atoms with Gasteiger partial charge in [-0.25, -0.2) is 0 Å². The molecule has 1 aromatic carbocycles. The lowest BCUT2D eigenvalue weighted by atomic mass is 10.0. The molecule has 1 amide bonds. The van der Waals surface area contributed by atoms with Gasteiger partial charge in [-0.05, 0) is 48.1 Å². The minimum atomic E-state index is -0.450. The summed E-state index contributed by atoms with van der Waals surface area (Å²) in [6.07, 6.45) is 4.25. The molecule has 0 saturated carbocycles. The van der Waals surface area contributed by atoms with Crippen LogP contribution in [-0.2, 0) is 4.79 Å². The fourth-order valence-corrected chi connectivity index (χ4v) is 2.53. The Kier molecular flexibility index (Phi) is 5.88. The van der Waals surface area contributed by atoms with E-state index in [1.165, 1.54) is 0 Å². The summed E-state index contributed by atoms with van der Waals surface area (Å²) in [6.45, 7) is 6.10. The van der Waals surface area contributed by atoms with Gasteiger partial charge in [0.25, 0.3) is 0 Å². The molecule has 1 unspecified atom stereocenters. The van der Waals surface area contributed by atoms with Gasteiger partial charge in [0, 0.05) is 12.4 Å². The number of carbonyl (C=O) groups excluding carboxylic acids is 1. The molecular formula is C19H25N3O. The van der Waals surface area contributed by atoms with Crippen LogP contribution in [0.5, 0.6) is 0 Å². The molecular weight excluding hydrogens is 286 g/mol. The first-order valence-corrected chi connectivity index (χ1v) is 8.03. The molecule has 0 bridgehead atoms. The van der Waals surface area contributed by atoms with Gasteiger partial charge in [0.15, 0.2) is 0 Å². The van der Waals surface area contributed by atoms with Crippen LogP contribution in [0.3, 0.4) is 0 Å². The number of nitrogens with two attached hydrogens (primary N) is 1. The molecule has 0 radical (unpaired) electrons. The van der Waals surface area contributed by atoms with Crippen LogP contribution in [-0.4, -0.2) is 16.9 Å². The number of rotatable bonds is 6. The van der Waals surface area contributed by atoms with E-state index in [1.807, 2.05) is 31.2 Å². The van der Waals surface area contributed by atoms with Crippen molar-refractivity contribution in [1.29, 1.82) is 0 Å². The molecule has 122 valence electrons. The molecule has 23 heavy (non-hydrogen) atoms.